The van der Waals surface area contributed by atoms with Crippen molar-refractivity contribution in [2.45, 2.75) is 0 Å². The van der Waals surface area contributed by atoms with E-state index in [4.69, 9.17) is 21.5 Å². The summed E-state index contributed by atoms with van der Waals surface area (Å²) in [5.74, 6) is 1.33. The molecule has 6 nitrogen and oxygen atoms in total. The summed E-state index contributed by atoms with van der Waals surface area (Å²) >= 11 is 1.76. The van der Waals surface area contributed by atoms with E-state index in [9.17, 15) is 5.26 Å². The van der Waals surface area contributed by atoms with Gasteiger partial charge < -0.3 is 4.57 Å². The van der Waals surface area contributed by atoms with E-state index in [1.54, 1.807) is 23.5 Å². The largest absolute Gasteiger partial charge is 0.309 e. The van der Waals surface area contributed by atoms with Crippen molar-refractivity contribution >= 4 is 59.0 Å². The molecule has 7 heteroatoms. The number of nitriles is 1. The fraction of sp³-hybridized carbons (Fsp3) is 0. The van der Waals surface area contributed by atoms with Gasteiger partial charge in [0.05, 0.1) is 28.9 Å². The van der Waals surface area contributed by atoms with Crippen molar-refractivity contribution in [3.63, 3.8) is 0 Å². The maximum absolute atomic E-state index is 10.6. The van der Waals surface area contributed by atoms with Crippen LogP contribution in [0.3, 0.4) is 0 Å². The van der Waals surface area contributed by atoms with Gasteiger partial charge in [0.15, 0.2) is 23.2 Å². The molecule has 0 fully saturated rings. The second kappa shape index (κ2) is 11.0. The Hall–Kier alpha value is -6.67. The van der Waals surface area contributed by atoms with Crippen LogP contribution < -0.4 is 0 Å². The van der Waals surface area contributed by atoms with Gasteiger partial charge in [-0.3, -0.25) is 0 Å². The standard InChI is InChI=1S/C41H22N6S/c1-43-33-22-35(47-34-18-10-8-16-28(34)30-21-31-29-17-9-11-19-37(29)48-38(31)23-36(30)47)27(24-42)20-32(33)41-45-39(25-12-4-2-5-13-25)44-40(46-41)26-14-6-3-7-15-26/h2-23H. The number of hydrogen-bond acceptors (Lipinski definition) is 5. The summed E-state index contributed by atoms with van der Waals surface area (Å²) in [4.78, 5) is 18.5. The summed E-state index contributed by atoms with van der Waals surface area (Å²) in [6.45, 7) is 8.28. The van der Waals surface area contributed by atoms with Crippen LogP contribution in [0.2, 0.25) is 0 Å². The number of aromatic nitrogens is 4. The topological polar surface area (TPSA) is 71.8 Å². The van der Waals surface area contributed by atoms with Gasteiger partial charge in [-0.15, -0.1) is 11.3 Å². The highest BCUT2D eigenvalue weighted by Crippen LogP contribution is 2.42. The summed E-state index contributed by atoms with van der Waals surface area (Å²) in [6.07, 6.45) is 0. The molecule has 0 amide bonds. The smallest absolute Gasteiger partial charge is 0.200 e. The number of nitrogens with zero attached hydrogens (tertiary/aromatic N) is 6. The zero-order chi connectivity index (χ0) is 32.2. The van der Waals surface area contributed by atoms with Gasteiger partial charge in [0.25, 0.3) is 0 Å². The fourth-order valence-electron chi connectivity index (χ4n) is 6.50. The number of rotatable bonds is 4. The molecule has 0 atom stereocenters. The van der Waals surface area contributed by atoms with E-state index in [2.05, 4.69) is 64.0 Å². The first-order chi connectivity index (χ1) is 23.7. The summed E-state index contributed by atoms with van der Waals surface area (Å²) in [7, 11) is 0. The van der Waals surface area contributed by atoms with Crippen molar-refractivity contribution in [1.29, 1.82) is 5.26 Å². The number of thiophene rings is 1. The number of benzene rings is 6. The molecule has 0 saturated heterocycles. The molecule has 3 aromatic heterocycles. The van der Waals surface area contributed by atoms with Crippen LogP contribution in [-0.2, 0) is 0 Å². The van der Waals surface area contributed by atoms with Crippen LogP contribution in [0.1, 0.15) is 5.56 Å². The molecular formula is C41H22N6S. The zero-order valence-electron chi connectivity index (χ0n) is 25.3. The Kier molecular flexibility index (Phi) is 6.33. The van der Waals surface area contributed by atoms with Crippen LogP contribution >= 0.6 is 11.3 Å². The maximum Gasteiger partial charge on any atom is 0.200 e. The van der Waals surface area contributed by atoms with E-state index in [1.807, 2.05) is 72.8 Å². The van der Waals surface area contributed by atoms with Crippen molar-refractivity contribution < 1.29 is 0 Å². The number of hydrogen-bond donors (Lipinski definition) is 0. The van der Waals surface area contributed by atoms with E-state index in [0.717, 1.165) is 32.9 Å². The van der Waals surface area contributed by atoms with Gasteiger partial charge in [0, 0.05) is 47.6 Å². The predicted molar refractivity (Wildman–Crippen MR) is 194 cm³/mol. The summed E-state index contributed by atoms with van der Waals surface area (Å²) < 4.78 is 4.51. The van der Waals surface area contributed by atoms with Crippen molar-refractivity contribution in [3.05, 3.63) is 150 Å². The lowest BCUT2D eigenvalue weighted by molar-refractivity contribution is 1.07. The van der Waals surface area contributed by atoms with Gasteiger partial charge in [-0.05, 0) is 36.4 Å². The minimum atomic E-state index is 0.339. The number of fused-ring (bicyclic) bond motifs is 6. The molecule has 48 heavy (non-hydrogen) atoms. The Labute approximate surface area is 279 Å². The predicted octanol–water partition coefficient (Wildman–Crippen LogP) is 10.8. The fourth-order valence-corrected chi connectivity index (χ4v) is 7.62. The van der Waals surface area contributed by atoms with Gasteiger partial charge in [0.1, 0.15) is 6.07 Å². The van der Waals surface area contributed by atoms with Crippen LogP contribution in [0, 0.1) is 17.9 Å². The molecule has 0 radical (unpaired) electrons. The number of para-hydroxylation sites is 1. The van der Waals surface area contributed by atoms with Crippen LogP contribution in [0.25, 0.3) is 86.7 Å². The highest BCUT2D eigenvalue weighted by Gasteiger charge is 2.21. The second-order valence-corrected chi connectivity index (χ2v) is 12.5. The average molecular weight is 631 g/mol. The van der Waals surface area contributed by atoms with Crippen LogP contribution in [0.5, 0.6) is 0 Å². The molecule has 0 saturated carbocycles. The van der Waals surface area contributed by atoms with Crippen molar-refractivity contribution in [2.75, 3.05) is 0 Å². The minimum Gasteiger partial charge on any atom is -0.309 e. The van der Waals surface area contributed by atoms with E-state index in [0.29, 0.717) is 40.0 Å². The van der Waals surface area contributed by atoms with Crippen molar-refractivity contribution in [3.8, 4) is 45.9 Å². The van der Waals surface area contributed by atoms with E-state index in [1.165, 1.54) is 20.2 Å². The zero-order valence-corrected chi connectivity index (χ0v) is 26.1. The summed E-state index contributed by atoms with van der Waals surface area (Å²) in [5.41, 5.74) is 5.49. The SMILES string of the molecule is [C-]#[N+]c1cc(-n2c3ccccc3c3cc4c(cc32)sc2ccccc24)c(C#N)cc1-c1nc(-c2ccccc2)nc(-c2ccccc2)n1. The molecular weight excluding hydrogens is 609 g/mol. The van der Waals surface area contributed by atoms with Crippen molar-refractivity contribution in [2.24, 2.45) is 0 Å². The molecule has 9 rings (SSSR count). The van der Waals surface area contributed by atoms with E-state index < -0.39 is 0 Å². The highest BCUT2D eigenvalue weighted by molar-refractivity contribution is 7.25. The second-order valence-electron chi connectivity index (χ2n) is 11.5. The Morgan fingerprint density at radius 2 is 1.21 bits per heavy atom. The van der Waals surface area contributed by atoms with Gasteiger partial charge >= 0.3 is 0 Å². The lowest BCUT2D eigenvalue weighted by Crippen LogP contribution is -2.02. The molecule has 0 N–H and O–H groups in total. The van der Waals surface area contributed by atoms with Crippen molar-refractivity contribution in [1.82, 2.24) is 19.5 Å². The maximum atomic E-state index is 10.6. The highest BCUT2D eigenvalue weighted by atomic mass is 32.1. The first kappa shape index (κ1) is 27.6. The molecule has 0 unspecified atom stereocenters. The van der Waals surface area contributed by atoms with Gasteiger partial charge in [-0.2, -0.15) is 5.26 Å². The molecule has 0 spiro atoms. The first-order valence-corrected chi connectivity index (χ1v) is 16.2. The molecule has 0 aliphatic rings. The third kappa shape index (κ3) is 4.34. The van der Waals surface area contributed by atoms with Crippen LogP contribution in [0.4, 0.5) is 5.69 Å². The summed E-state index contributed by atoms with van der Waals surface area (Å²) in [5, 5.41) is 15.3. The quantitative estimate of drug-likeness (QED) is 0.181. The average Bonchev–Trinajstić information content (AvgIpc) is 3.68. The minimum absolute atomic E-state index is 0.339. The molecule has 0 bridgehead atoms. The Balaban J connectivity index is 1.30. The monoisotopic (exact) mass is 630 g/mol. The lowest BCUT2D eigenvalue weighted by Gasteiger charge is -2.14. The Bertz CT molecular complexity index is 2740. The summed E-state index contributed by atoms with van der Waals surface area (Å²) in [6, 6.07) is 46.6. The molecule has 9 aromatic rings. The first-order valence-electron chi connectivity index (χ1n) is 15.4. The molecule has 222 valence electrons. The van der Waals surface area contributed by atoms with E-state index in [-0.39, 0.29) is 0 Å². The van der Waals surface area contributed by atoms with Crippen LogP contribution in [0.15, 0.2) is 133 Å². The van der Waals surface area contributed by atoms with Gasteiger partial charge in [-0.1, -0.05) is 97.1 Å². The van der Waals surface area contributed by atoms with Gasteiger partial charge in [-0.25, -0.2) is 19.8 Å². The molecule has 0 aliphatic heterocycles. The molecule has 0 aliphatic carbocycles. The van der Waals surface area contributed by atoms with Gasteiger partial charge in [0.2, 0.25) is 0 Å². The third-order valence-electron chi connectivity index (χ3n) is 8.71. The normalized spacial score (nSPS) is 11.3. The Morgan fingerprint density at radius 1 is 0.583 bits per heavy atom. The molecule has 6 aromatic carbocycles. The third-order valence-corrected chi connectivity index (χ3v) is 9.84. The lowest BCUT2D eigenvalue weighted by atomic mass is 10.0. The molecule has 3 heterocycles. The van der Waals surface area contributed by atoms with Crippen LogP contribution in [-0.4, -0.2) is 19.5 Å². The Morgan fingerprint density at radius 3 is 1.90 bits per heavy atom. The van der Waals surface area contributed by atoms with E-state index >= 15 is 0 Å².